The Morgan fingerprint density at radius 3 is 3.00 bits per heavy atom. The van der Waals surface area contributed by atoms with Crippen LogP contribution in [-0.2, 0) is 6.54 Å². The van der Waals surface area contributed by atoms with Crippen molar-refractivity contribution >= 4 is 11.6 Å². The third-order valence-corrected chi connectivity index (χ3v) is 1.64. The lowest BCUT2D eigenvalue weighted by Gasteiger charge is -2.11. The van der Waals surface area contributed by atoms with Crippen molar-refractivity contribution in [3.8, 4) is 0 Å². The first-order chi connectivity index (χ1) is 5.33. The fraction of sp³-hybridized carbons (Fsp3) is 0.500. The number of nitrogens with zero attached hydrogens (tertiary/aromatic N) is 1. The summed E-state index contributed by atoms with van der Waals surface area (Å²) in [4.78, 5) is 2.12. The molecule has 0 radical (unpaired) electrons. The highest BCUT2D eigenvalue weighted by molar-refractivity contribution is 6.18. The molecule has 0 unspecified atom stereocenters. The van der Waals surface area contributed by atoms with Crippen molar-refractivity contribution < 1.29 is 4.42 Å². The van der Waals surface area contributed by atoms with E-state index in [0.717, 1.165) is 18.8 Å². The number of halogens is 1. The molecular weight excluding hydrogens is 162 g/mol. The topological polar surface area (TPSA) is 16.4 Å². The van der Waals surface area contributed by atoms with Gasteiger partial charge in [-0.1, -0.05) is 0 Å². The monoisotopic (exact) mass is 173 g/mol. The Hall–Kier alpha value is -0.470. The molecule has 0 amide bonds. The first kappa shape index (κ1) is 8.62. The van der Waals surface area contributed by atoms with Crippen LogP contribution in [0.3, 0.4) is 0 Å². The average Bonchev–Trinajstić information content (AvgIpc) is 2.40. The first-order valence-corrected chi connectivity index (χ1v) is 4.13. The quantitative estimate of drug-likeness (QED) is 0.648. The lowest BCUT2D eigenvalue weighted by Crippen LogP contribution is -2.19. The Morgan fingerprint density at radius 2 is 2.45 bits per heavy atom. The molecule has 0 aromatic carbocycles. The molecule has 0 aliphatic rings. The summed E-state index contributed by atoms with van der Waals surface area (Å²) < 4.78 is 5.17. The molecule has 0 saturated carbocycles. The molecular formula is C8H12ClNO. The van der Waals surface area contributed by atoms with Crippen molar-refractivity contribution in [2.45, 2.75) is 6.54 Å². The Bertz CT molecular complexity index is 186. The number of furan rings is 1. The van der Waals surface area contributed by atoms with Gasteiger partial charge in [-0.05, 0) is 19.2 Å². The zero-order valence-corrected chi connectivity index (χ0v) is 7.34. The molecule has 1 aromatic rings. The summed E-state index contributed by atoms with van der Waals surface area (Å²) in [5, 5.41) is 0. The van der Waals surface area contributed by atoms with E-state index in [1.54, 1.807) is 6.26 Å². The van der Waals surface area contributed by atoms with Gasteiger partial charge in [0.05, 0.1) is 12.8 Å². The maximum atomic E-state index is 5.56. The molecule has 0 spiro atoms. The minimum Gasteiger partial charge on any atom is -0.468 e. The lowest BCUT2D eigenvalue weighted by molar-refractivity contribution is 0.311. The Kier molecular flexibility index (Phi) is 3.46. The van der Waals surface area contributed by atoms with Gasteiger partial charge in [-0.15, -0.1) is 11.6 Å². The van der Waals surface area contributed by atoms with Crippen LogP contribution in [0, 0.1) is 0 Å². The molecule has 0 saturated heterocycles. The Morgan fingerprint density at radius 1 is 1.64 bits per heavy atom. The van der Waals surface area contributed by atoms with Gasteiger partial charge in [0.1, 0.15) is 5.76 Å². The van der Waals surface area contributed by atoms with Crippen LogP contribution in [0.4, 0.5) is 0 Å². The highest BCUT2D eigenvalue weighted by Gasteiger charge is 2.00. The largest absolute Gasteiger partial charge is 0.468 e. The molecule has 2 nitrogen and oxygen atoms in total. The molecule has 1 aromatic heterocycles. The Labute approximate surface area is 71.7 Å². The van der Waals surface area contributed by atoms with Gasteiger partial charge >= 0.3 is 0 Å². The van der Waals surface area contributed by atoms with E-state index in [0.29, 0.717) is 5.88 Å². The van der Waals surface area contributed by atoms with Crippen molar-refractivity contribution in [1.82, 2.24) is 4.90 Å². The summed E-state index contributed by atoms with van der Waals surface area (Å²) in [6, 6.07) is 3.86. The van der Waals surface area contributed by atoms with Gasteiger partial charge in [-0.25, -0.2) is 0 Å². The highest BCUT2D eigenvalue weighted by atomic mass is 35.5. The molecule has 62 valence electrons. The van der Waals surface area contributed by atoms with Crippen LogP contribution in [0.25, 0.3) is 0 Å². The van der Waals surface area contributed by atoms with E-state index < -0.39 is 0 Å². The molecule has 3 heteroatoms. The van der Waals surface area contributed by atoms with Crippen LogP contribution in [0.5, 0.6) is 0 Å². The van der Waals surface area contributed by atoms with E-state index in [2.05, 4.69) is 4.90 Å². The molecule has 11 heavy (non-hydrogen) atoms. The van der Waals surface area contributed by atoms with Crippen LogP contribution < -0.4 is 0 Å². The average molecular weight is 174 g/mol. The van der Waals surface area contributed by atoms with E-state index in [1.165, 1.54) is 0 Å². The maximum Gasteiger partial charge on any atom is 0.117 e. The lowest BCUT2D eigenvalue weighted by atomic mass is 10.4. The first-order valence-electron chi connectivity index (χ1n) is 3.60. The van der Waals surface area contributed by atoms with Crippen molar-refractivity contribution in [3.63, 3.8) is 0 Å². The summed E-state index contributed by atoms with van der Waals surface area (Å²) >= 11 is 5.56. The van der Waals surface area contributed by atoms with Crippen LogP contribution in [0.2, 0.25) is 0 Å². The van der Waals surface area contributed by atoms with Gasteiger partial charge in [0.15, 0.2) is 0 Å². The molecule has 0 aliphatic carbocycles. The van der Waals surface area contributed by atoms with Crippen molar-refractivity contribution in [2.24, 2.45) is 0 Å². The molecule has 0 fully saturated rings. The van der Waals surface area contributed by atoms with Crippen molar-refractivity contribution in [3.05, 3.63) is 24.2 Å². The fourth-order valence-corrected chi connectivity index (χ4v) is 1.18. The summed E-state index contributed by atoms with van der Waals surface area (Å²) in [5.41, 5.74) is 0. The zero-order valence-electron chi connectivity index (χ0n) is 6.59. The summed E-state index contributed by atoms with van der Waals surface area (Å²) in [6.45, 7) is 1.72. The summed E-state index contributed by atoms with van der Waals surface area (Å²) in [6.07, 6.45) is 1.68. The van der Waals surface area contributed by atoms with E-state index >= 15 is 0 Å². The number of rotatable bonds is 4. The molecule has 0 N–H and O–H groups in total. The van der Waals surface area contributed by atoms with Gasteiger partial charge < -0.3 is 4.42 Å². The van der Waals surface area contributed by atoms with Gasteiger partial charge in [0.25, 0.3) is 0 Å². The highest BCUT2D eigenvalue weighted by Crippen LogP contribution is 2.02. The molecule has 0 aliphatic heterocycles. The van der Waals surface area contributed by atoms with E-state index in [9.17, 15) is 0 Å². The van der Waals surface area contributed by atoms with Gasteiger partial charge in [0.2, 0.25) is 0 Å². The zero-order chi connectivity index (χ0) is 8.10. The van der Waals surface area contributed by atoms with Gasteiger partial charge in [-0.2, -0.15) is 0 Å². The SMILES string of the molecule is CN(CCCl)Cc1ccco1. The second kappa shape index (κ2) is 4.42. The number of hydrogen-bond acceptors (Lipinski definition) is 2. The van der Waals surface area contributed by atoms with Crippen LogP contribution >= 0.6 is 11.6 Å². The maximum absolute atomic E-state index is 5.56. The predicted octanol–water partition coefficient (Wildman–Crippen LogP) is 1.95. The normalized spacial score (nSPS) is 10.8. The minimum absolute atomic E-state index is 0.664. The van der Waals surface area contributed by atoms with E-state index in [4.69, 9.17) is 16.0 Å². The molecule has 1 rings (SSSR count). The summed E-state index contributed by atoms with van der Waals surface area (Å²) in [5.74, 6) is 1.65. The standard InChI is InChI=1S/C8H12ClNO/c1-10(5-4-9)7-8-3-2-6-11-8/h2-3,6H,4-5,7H2,1H3. The van der Waals surface area contributed by atoms with Crippen LogP contribution in [0.1, 0.15) is 5.76 Å². The van der Waals surface area contributed by atoms with E-state index in [1.807, 2.05) is 19.2 Å². The minimum atomic E-state index is 0.664. The third-order valence-electron chi connectivity index (χ3n) is 1.47. The van der Waals surface area contributed by atoms with Crippen LogP contribution in [0.15, 0.2) is 22.8 Å². The molecule has 1 heterocycles. The van der Waals surface area contributed by atoms with Gasteiger partial charge in [-0.3, -0.25) is 4.90 Å². The molecule has 0 atom stereocenters. The van der Waals surface area contributed by atoms with Gasteiger partial charge in [0, 0.05) is 12.4 Å². The third kappa shape index (κ3) is 2.95. The molecule has 0 bridgehead atoms. The Balaban J connectivity index is 2.31. The fourth-order valence-electron chi connectivity index (χ4n) is 0.892. The van der Waals surface area contributed by atoms with Crippen molar-refractivity contribution in [2.75, 3.05) is 19.5 Å². The summed E-state index contributed by atoms with van der Waals surface area (Å²) in [7, 11) is 2.02. The van der Waals surface area contributed by atoms with Crippen molar-refractivity contribution in [1.29, 1.82) is 0 Å². The van der Waals surface area contributed by atoms with Crippen LogP contribution in [-0.4, -0.2) is 24.4 Å². The second-order valence-corrected chi connectivity index (χ2v) is 2.88. The van der Waals surface area contributed by atoms with E-state index in [-0.39, 0.29) is 0 Å². The number of hydrogen-bond donors (Lipinski definition) is 0. The predicted molar refractivity (Wildman–Crippen MR) is 45.8 cm³/mol. The second-order valence-electron chi connectivity index (χ2n) is 2.51. The smallest absolute Gasteiger partial charge is 0.117 e. The number of alkyl halides is 1.